The van der Waals surface area contributed by atoms with Crippen molar-refractivity contribution in [3.05, 3.63) is 0 Å². The number of hydrogen-bond acceptors (Lipinski definition) is 22. The Hall–Kier alpha value is 3.89. The highest BCUT2D eigenvalue weighted by atomic mass is 28.6. The van der Waals surface area contributed by atoms with Gasteiger partial charge in [-0.25, -0.2) is 0 Å². The second kappa shape index (κ2) is 35.9. The maximum absolute atomic E-state index is 10.9. The summed E-state index contributed by atoms with van der Waals surface area (Å²) in [7, 11) is -57.2. The molecule has 0 aromatic heterocycles. The normalized spacial score (nSPS) is 16.0. The van der Waals surface area contributed by atoms with Gasteiger partial charge in [-0.2, -0.15) is 0 Å². The lowest BCUT2D eigenvalue weighted by molar-refractivity contribution is 0.0381. The molecular weight excluding hydrogens is 1630 g/mol. The highest BCUT2D eigenvalue weighted by Crippen LogP contribution is 2.38. The zero-order chi connectivity index (χ0) is 79.3. The molecule has 0 unspecified atom stereocenters. The van der Waals surface area contributed by atoms with Gasteiger partial charge in [-0.05, 0) is 326 Å². The van der Waals surface area contributed by atoms with E-state index in [1.165, 1.54) is 0 Å². The molecule has 0 aliphatic rings. The molecule has 99 heavy (non-hydrogen) atoms. The topological polar surface area (TPSA) is 225 Å². The first-order valence-electron chi connectivity index (χ1n) is 35.9. The van der Waals surface area contributed by atoms with Gasteiger partial charge in [0.1, 0.15) is 0 Å². The lowest BCUT2D eigenvalue weighted by Crippen LogP contribution is -2.62. The van der Waals surface area contributed by atoms with E-state index in [0.29, 0.717) is 12.8 Å². The van der Waals surface area contributed by atoms with Gasteiger partial charge in [-0.1, -0.05) is 12.8 Å². The zero-order valence-corrected chi connectivity index (χ0v) is 94.2. The Balaban J connectivity index is 5.71. The summed E-state index contributed by atoms with van der Waals surface area (Å²) in [5.74, 6) is 0. The van der Waals surface area contributed by atoms with Gasteiger partial charge in [-0.15, -0.1) is 0 Å². The van der Waals surface area contributed by atoms with Gasteiger partial charge in [0, 0.05) is 5.41 Å². The summed E-state index contributed by atoms with van der Waals surface area (Å²) in [6, 6.07) is 1.70. The SMILES string of the molecule is C[Si](C)(C)O[Si](C)(C)O[Si](C)(C)O[Si](C)(C)O[Si](C)(C)O[Si](C)(C)O[Si](C)(C)O[Si](C)(C)O[Si](C)(C)O[Si](C)(C)O[Si](C)(C)CCCC(CO)(CO)CCC[Si](C)(C)O[Si](C)(C)O[Si](C)(C)O[Si](C)(C)O[Si](C)(C)O[Si](C)(C)O[Si](C)(C)O[Si](C)(C)O[Si](C)(C)O[Si](C)(C)O[Si](C)(C)C. The Bertz CT molecular complexity index is 2320. The molecule has 0 amide bonds. The van der Waals surface area contributed by atoms with Gasteiger partial charge in [0.2, 0.25) is 0 Å². The van der Waals surface area contributed by atoms with E-state index < -0.39 is 193 Å². The van der Waals surface area contributed by atoms with Crippen molar-refractivity contribution in [3.8, 4) is 0 Å². The highest BCUT2D eigenvalue weighted by Gasteiger charge is 2.55. The molecule has 22 nitrogen and oxygen atoms in total. The Morgan fingerprint density at radius 2 is 0.283 bits per heavy atom. The minimum Gasteiger partial charge on any atom is -0.437 e. The van der Waals surface area contributed by atoms with Crippen LogP contribution in [-0.4, -0.2) is 211 Å². The summed E-state index contributed by atoms with van der Waals surface area (Å²) in [6.07, 6.45) is 2.98. The summed E-state index contributed by atoms with van der Waals surface area (Å²) in [4.78, 5) is 0. The van der Waals surface area contributed by atoms with Crippen molar-refractivity contribution in [1.29, 1.82) is 0 Å². The first-order chi connectivity index (χ1) is 42.7. The standard InChI is InChI=1S/C55H156O22Si22/c1-78(2,3)58-82(11,12)62-86(19,20)66-90(27,28)70-94(35,36)74-98(43,44)76-96(39,40)72-92(31,32)68-88(23,24)64-84(15,16)60-80(7,8)51-47-49-55(53-56,54-57)50-48-52-81(9,10)61-85(17,18)65-89(25,26)69-93(33,34)73-97(41,42)77-99(45,46)75-95(37,38)71-91(29,30)67-87(21,22)63-83(13,14)59-79(4,5)6/h56-57H,47-54H2,1-46H3. The van der Waals surface area contributed by atoms with Gasteiger partial charge in [0.05, 0.1) is 13.2 Å². The smallest absolute Gasteiger partial charge is 0.314 e. The maximum atomic E-state index is 10.9. The van der Waals surface area contributed by atoms with Crippen LogP contribution in [0.3, 0.4) is 0 Å². The molecule has 0 rings (SSSR count). The van der Waals surface area contributed by atoms with Crippen LogP contribution < -0.4 is 0 Å². The van der Waals surface area contributed by atoms with Gasteiger partial charge >= 0.3 is 154 Å². The van der Waals surface area contributed by atoms with Gasteiger partial charge in [-0.3, -0.25) is 0 Å². The van der Waals surface area contributed by atoms with Crippen LogP contribution in [-0.2, 0) is 82.3 Å². The fourth-order valence-corrected chi connectivity index (χ4v) is 126. The van der Waals surface area contributed by atoms with Crippen molar-refractivity contribution in [3.63, 3.8) is 0 Å². The van der Waals surface area contributed by atoms with E-state index in [1.807, 2.05) is 0 Å². The fourth-order valence-electron chi connectivity index (χ4n) is 15.0. The molecule has 0 bridgehead atoms. The molecule has 0 aliphatic carbocycles. The van der Waals surface area contributed by atoms with Gasteiger partial charge in [0.25, 0.3) is 0 Å². The van der Waals surface area contributed by atoms with E-state index in [2.05, 4.69) is 301 Å². The predicted octanol–water partition coefficient (Wildman–Crippen LogP) is 18.6. The van der Waals surface area contributed by atoms with Crippen molar-refractivity contribution < 1.29 is 92.5 Å². The summed E-state index contributed by atoms with van der Waals surface area (Å²) >= 11 is 0. The fraction of sp³-hybridized carbons (Fsp3) is 1.00. The van der Waals surface area contributed by atoms with Crippen LogP contribution in [0.1, 0.15) is 25.7 Å². The van der Waals surface area contributed by atoms with E-state index in [9.17, 15) is 10.2 Å². The van der Waals surface area contributed by atoms with Crippen LogP contribution in [0.15, 0.2) is 0 Å². The third-order valence-electron chi connectivity index (χ3n) is 13.7. The summed E-state index contributed by atoms with van der Waals surface area (Å²) < 4.78 is 137. The lowest BCUT2D eigenvalue weighted by atomic mass is 9.81. The average molecular weight is 1790 g/mol. The molecule has 0 radical (unpaired) electrons. The average Bonchev–Trinajstić information content (AvgIpc) is 0.811. The molecule has 0 atom stereocenters. The molecule has 0 aromatic carbocycles. The third-order valence-corrected chi connectivity index (χ3v) is 96.9. The van der Waals surface area contributed by atoms with E-state index in [4.69, 9.17) is 82.3 Å². The highest BCUT2D eigenvalue weighted by molar-refractivity contribution is 6.96. The Morgan fingerprint density at radius 3 is 0.394 bits per heavy atom. The van der Waals surface area contributed by atoms with Crippen molar-refractivity contribution >= 4 is 187 Å². The molecule has 0 saturated carbocycles. The summed E-state index contributed by atoms with van der Waals surface area (Å²) in [5.41, 5.74) is -0.625. The molecule has 0 aromatic rings. The minimum absolute atomic E-state index is 0.0988. The quantitative estimate of drug-likeness (QED) is 0.0540. The first-order valence-corrected chi connectivity index (χ1v) is 99.7. The van der Waals surface area contributed by atoms with Crippen LogP contribution in [0.5, 0.6) is 0 Å². The molecule has 0 spiro atoms. The Kier molecular flexibility index (Phi) is 37.3. The number of hydrogen-bond donors (Lipinski definition) is 2. The predicted molar refractivity (Wildman–Crippen MR) is 463 cm³/mol. The molecule has 2 N–H and O–H groups in total. The monoisotopic (exact) mass is 1780 g/mol. The van der Waals surface area contributed by atoms with Crippen molar-refractivity contribution in [2.75, 3.05) is 13.2 Å². The van der Waals surface area contributed by atoms with Crippen molar-refractivity contribution in [1.82, 2.24) is 0 Å². The molecule has 44 heteroatoms. The molecule has 0 heterocycles. The largest absolute Gasteiger partial charge is 0.437 e. The molecular formula is C55H156O22Si22. The van der Waals surface area contributed by atoms with Crippen LogP contribution in [0.4, 0.5) is 0 Å². The maximum Gasteiger partial charge on any atom is 0.314 e. The van der Waals surface area contributed by atoms with Gasteiger partial charge in [0.15, 0.2) is 33.3 Å². The summed E-state index contributed by atoms with van der Waals surface area (Å²) in [5, 5.41) is 21.9. The Labute approximate surface area is 632 Å². The zero-order valence-electron chi connectivity index (χ0n) is 72.2. The van der Waals surface area contributed by atoms with E-state index in [1.54, 1.807) is 0 Å². The van der Waals surface area contributed by atoms with Crippen LogP contribution in [0, 0.1) is 5.41 Å². The van der Waals surface area contributed by atoms with Crippen LogP contribution in [0.25, 0.3) is 0 Å². The van der Waals surface area contributed by atoms with E-state index in [0.717, 1.165) is 24.9 Å². The summed E-state index contributed by atoms with van der Waals surface area (Å²) in [6.45, 7) is 96.7. The Morgan fingerprint density at radius 1 is 0.172 bits per heavy atom. The number of rotatable bonds is 50. The molecule has 0 fully saturated rings. The molecule has 0 aliphatic heterocycles. The lowest BCUT2D eigenvalue weighted by Gasteiger charge is -2.45. The second-order valence-electron chi connectivity index (χ2n) is 38.5. The molecule has 0 saturated heterocycles. The first kappa shape index (κ1) is 103. The van der Waals surface area contributed by atoms with Crippen LogP contribution in [0.2, 0.25) is 313 Å². The van der Waals surface area contributed by atoms with Crippen molar-refractivity contribution in [2.24, 2.45) is 5.41 Å². The van der Waals surface area contributed by atoms with Crippen molar-refractivity contribution in [2.45, 2.75) is 339 Å². The van der Waals surface area contributed by atoms with Crippen LogP contribution >= 0.6 is 0 Å². The third kappa shape index (κ3) is 47.8. The van der Waals surface area contributed by atoms with E-state index in [-0.39, 0.29) is 13.2 Å². The molecule has 596 valence electrons. The van der Waals surface area contributed by atoms with E-state index >= 15 is 0 Å². The number of aliphatic hydroxyl groups excluding tert-OH is 2. The van der Waals surface area contributed by atoms with Gasteiger partial charge < -0.3 is 92.5 Å². The minimum atomic E-state index is -2.83. The number of aliphatic hydroxyl groups is 2. The second-order valence-corrected chi connectivity index (χ2v) is 122.